The van der Waals surface area contributed by atoms with Crippen molar-refractivity contribution in [2.24, 2.45) is 16.7 Å². The normalized spacial score (nSPS) is 22.2. The molecule has 19 heteroatoms. The molecule has 5 aliphatic heterocycles. The maximum atomic E-state index is 17.8. The largest absolute Gasteiger partial charge is 0.468 e. The Kier molecular flexibility index (Phi) is 16.0. The number of methoxy groups -OCH3 is 1. The SMILES string of the molecule is CCc1cccc2cc(OCOC)cc(-c3ccc4c(N5CC6CCC(C5)N6C(=O)OC(C)(C)C)nc(OCC5(CN6CCN(CC7CCC8(CC7)CCN(C(=O)c7ccc(Cl)c(N9CCC(=O)NC9=O)c7)CC8)CC6)CC5)nc4c3F)c12. The van der Waals surface area contributed by atoms with Gasteiger partial charge in [0.15, 0.2) is 12.6 Å². The second-order valence-corrected chi connectivity index (χ2v) is 26.2. The summed E-state index contributed by atoms with van der Waals surface area (Å²) in [5, 5.41) is 5.20. The van der Waals surface area contributed by atoms with Crippen LogP contribution in [-0.2, 0) is 20.7 Å². The number of benzene rings is 4. The molecule has 2 saturated carbocycles. The Morgan fingerprint density at radius 1 is 0.819 bits per heavy atom. The smallest absolute Gasteiger partial charge is 0.410 e. The average molecular weight is 1160 g/mol. The van der Waals surface area contributed by atoms with Crippen molar-refractivity contribution in [2.75, 3.05) is 102 Å². The van der Waals surface area contributed by atoms with Gasteiger partial charge in [-0.3, -0.25) is 24.7 Å². The summed E-state index contributed by atoms with van der Waals surface area (Å²) in [6, 6.07) is 18.3. The lowest BCUT2D eigenvalue weighted by Gasteiger charge is -2.47. The number of nitrogens with one attached hydrogen (secondary N) is 1. The van der Waals surface area contributed by atoms with Crippen molar-refractivity contribution in [3.05, 3.63) is 82.6 Å². The van der Waals surface area contributed by atoms with Crippen LogP contribution < -0.4 is 24.6 Å². The van der Waals surface area contributed by atoms with Crippen LogP contribution in [0.4, 0.5) is 25.5 Å². The lowest BCUT2D eigenvalue weighted by Crippen LogP contribution is -2.57. The van der Waals surface area contributed by atoms with Crippen molar-refractivity contribution in [1.82, 2.24) is 34.9 Å². The lowest BCUT2D eigenvalue weighted by atomic mass is 9.65. The van der Waals surface area contributed by atoms with Gasteiger partial charge in [-0.2, -0.15) is 9.97 Å². The molecular weight excluding hydrogens is 1080 g/mol. The average Bonchev–Trinajstić information content (AvgIpc) is 4.39. The van der Waals surface area contributed by atoms with Crippen LogP contribution in [0.15, 0.2) is 60.7 Å². The van der Waals surface area contributed by atoms with Crippen LogP contribution >= 0.6 is 11.6 Å². The number of carbonyl (C=O) groups excluding carboxylic acids is 4. The van der Waals surface area contributed by atoms with Crippen LogP contribution in [0.25, 0.3) is 32.8 Å². The number of aromatic nitrogens is 2. The third-order valence-electron chi connectivity index (χ3n) is 19.0. The van der Waals surface area contributed by atoms with E-state index in [0.717, 1.165) is 101 Å². The van der Waals surface area contributed by atoms with E-state index in [9.17, 15) is 19.2 Å². The van der Waals surface area contributed by atoms with Crippen molar-refractivity contribution in [3.8, 4) is 22.9 Å². The number of piperazine rings is 2. The van der Waals surface area contributed by atoms with Crippen molar-refractivity contribution < 1.29 is 42.5 Å². The van der Waals surface area contributed by atoms with Crippen LogP contribution in [0.1, 0.15) is 114 Å². The van der Waals surface area contributed by atoms with Gasteiger partial charge in [0.2, 0.25) is 5.91 Å². The number of hydrogen-bond donors (Lipinski definition) is 1. The molecule has 2 bridgehead atoms. The second-order valence-electron chi connectivity index (χ2n) is 25.7. The van der Waals surface area contributed by atoms with Gasteiger partial charge in [0, 0.05) is 107 Å². The first-order valence-corrected chi connectivity index (χ1v) is 30.6. The summed E-state index contributed by atoms with van der Waals surface area (Å²) >= 11 is 6.49. The first-order chi connectivity index (χ1) is 40.0. The molecular formula is C64H79ClFN9O8. The van der Waals surface area contributed by atoms with Gasteiger partial charge in [-0.25, -0.2) is 14.0 Å². The Hall–Kier alpha value is -6.34. The number of likely N-dealkylation sites (tertiary alicyclic amines) is 1. The minimum absolute atomic E-state index is 0.0408. The third-order valence-corrected chi connectivity index (χ3v) is 19.3. The molecule has 1 spiro atoms. The highest BCUT2D eigenvalue weighted by atomic mass is 35.5. The number of piperidine rings is 1. The van der Waals surface area contributed by atoms with E-state index in [1.54, 1.807) is 25.3 Å². The number of carbonyl (C=O) groups is 4. The molecule has 4 aromatic carbocycles. The van der Waals surface area contributed by atoms with Crippen molar-refractivity contribution in [2.45, 2.75) is 122 Å². The van der Waals surface area contributed by atoms with E-state index in [1.165, 1.54) is 30.6 Å². The maximum Gasteiger partial charge on any atom is 0.410 e. The van der Waals surface area contributed by atoms with Gasteiger partial charge in [-0.1, -0.05) is 42.8 Å². The first-order valence-electron chi connectivity index (χ1n) is 30.2. The summed E-state index contributed by atoms with van der Waals surface area (Å²) in [4.78, 5) is 74.4. The molecule has 2 aliphatic carbocycles. The van der Waals surface area contributed by atoms with E-state index < -0.39 is 17.4 Å². The number of halogens is 2. The zero-order valence-corrected chi connectivity index (χ0v) is 49.5. The molecule has 12 rings (SSSR count). The first kappa shape index (κ1) is 57.1. The van der Waals surface area contributed by atoms with Gasteiger partial charge in [0.05, 0.1) is 29.4 Å². The Morgan fingerprint density at radius 2 is 1.55 bits per heavy atom. The zero-order valence-electron chi connectivity index (χ0n) is 48.8. The van der Waals surface area contributed by atoms with Gasteiger partial charge < -0.3 is 38.5 Å². The summed E-state index contributed by atoms with van der Waals surface area (Å²) < 4.78 is 41.6. The number of imide groups is 1. The number of urea groups is 1. The number of nitrogens with zero attached hydrogens (tertiary/aromatic N) is 8. The van der Waals surface area contributed by atoms with Crippen molar-refractivity contribution in [3.63, 3.8) is 0 Å². The quantitative estimate of drug-likeness (QED) is 0.0987. The Bertz CT molecular complexity index is 3280. The summed E-state index contributed by atoms with van der Waals surface area (Å²) in [6.45, 7) is 17.1. The number of rotatable bonds is 15. The molecule has 0 radical (unpaired) electrons. The Balaban J connectivity index is 0.685. The van der Waals surface area contributed by atoms with Gasteiger partial charge in [-0.15, -0.1) is 0 Å². The van der Waals surface area contributed by atoms with Crippen LogP contribution in [0.3, 0.4) is 0 Å². The summed E-state index contributed by atoms with van der Waals surface area (Å²) in [6.07, 6.45) is 11.2. The standard InChI is InChI=1S/C64H79ClFN9O8/c1-6-42-8-7-9-43-32-47(82-40-80-5)34-50(54(42)43)48-13-14-49-56(55(48)66)68-59(69-57(49)73-36-45-11-12-46(37-73)75(45)61(79)83-62(2,3)4)81-39-64(21-22-64)38-71-30-28-70(29-31-71)35-41-16-19-63(20-17-41)23-26-72(27-24-63)58(77)44-10-15-51(65)52(33-44)74-25-18-53(76)67-60(74)78/h7-10,13-15,32-34,41,45-46H,6,11-12,16-31,35-40H2,1-5H3,(H,67,76,78). The number of aryl methyl sites for hydroxylation is 1. The fourth-order valence-corrected chi connectivity index (χ4v) is 14.4. The fourth-order valence-electron chi connectivity index (χ4n) is 14.2. The lowest BCUT2D eigenvalue weighted by molar-refractivity contribution is -0.120. The second kappa shape index (κ2) is 23.3. The van der Waals surface area contributed by atoms with Crippen LogP contribution in [0, 0.1) is 22.6 Å². The molecule has 83 heavy (non-hydrogen) atoms. The molecule has 6 heterocycles. The van der Waals surface area contributed by atoms with Crippen LogP contribution in [0.5, 0.6) is 11.8 Å². The van der Waals surface area contributed by atoms with E-state index in [1.807, 2.05) is 67.0 Å². The van der Waals surface area contributed by atoms with E-state index in [2.05, 4.69) is 33.0 Å². The highest BCUT2D eigenvalue weighted by Crippen LogP contribution is 2.49. The van der Waals surface area contributed by atoms with Gasteiger partial charge in [-0.05, 0) is 161 Å². The molecule has 7 fully saturated rings. The van der Waals surface area contributed by atoms with E-state index in [-0.39, 0.29) is 72.1 Å². The summed E-state index contributed by atoms with van der Waals surface area (Å²) in [7, 11) is 1.58. The predicted molar refractivity (Wildman–Crippen MR) is 318 cm³/mol. The summed E-state index contributed by atoms with van der Waals surface area (Å²) in [5.41, 5.74) is 2.97. The highest BCUT2D eigenvalue weighted by Gasteiger charge is 2.48. The topological polar surface area (TPSA) is 162 Å². The third kappa shape index (κ3) is 12.0. The molecule has 2 unspecified atom stereocenters. The molecule has 442 valence electrons. The van der Waals surface area contributed by atoms with E-state index in [0.29, 0.717) is 83.1 Å². The molecule has 7 aliphatic rings. The molecule has 5 aromatic rings. The maximum absolute atomic E-state index is 17.8. The van der Waals surface area contributed by atoms with E-state index in [4.69, 9.17) is 40.5 Å². The van der Waals surface area contributed by atoms with Crippen LogP contribution in [0.2, 0.25) is 5.02 Å². The van der Waals surface area contributed by atoms with Gasteiger partial charge >= 0.3 is 18.1 Å². The van der Waals surface area contributed by atoms with Crippen molar-refractivity contribution in [1.29, 1.82) is 0 Å². The Labute approximate surface area is 491 Å². The highest BCUT2D eigenvalue weighted by molar-refractivity contribution is 6.34. The number of anilines is 2. The number of amides is 5. The minimum atomic E-state index is -0.615. The minimum Gasteiger partial charge on any atom is -0.468 e. The van der Waals surface area contributed by atoms with Crippen LogP contribution in [-0.4, -0.2) is 164 Å². The number of hydrogen-bond acceptors (Lipinski definition) is 13. The van der Waals surface area contributed by atoms with Gasteiger partial charge in [0.1, 0.15) is 22.7 Å². The van der Waals surface area contributed by atoms with E-state index >= 15 is 4.39 Å². The molecule has 1 aromatic heterocycles. The fraction of sp³-hybridized carbons (Fsp3) is 0.562. The molecule has 17 nitrogen and oxygen atoms in total. The number of fused-ring (bicyclic) bond motifs is 4. The monoisotopic (exact) mass is 1160 g/mol. The molecule has 1 N–H and O–H groups in total. The van der Waals surface area contributed by atoms with Gasteiger partial charge in [0.25, 0.3) is 5.91 Å². The Morgan fingerprint density at radius 3 is 2.24 bits per heavy atom. The molecule has 2 atom stereocenters. The van der Waals surface area contributed by atoms with Crippen molar-refractivity contribution >= 4 is 68.7 Å². The molecule has 5 saturated heterocycles. The zero-order chi connectivity index (χ0) is 57.8. The molecule has 5 amide bonds. The predicted octanol–water partition coefficient (Wildman–Crippen LogP) is 10.7. The number of ether oxygens (including phenoxy) is 4. The summed E-state index contributed by atoms with van der Waals surface area (Å²) in [5.74, 6) is 1.02.